The van der Waals surface area contributed by atoms with Gasteiger partial charge in [-0.2, -0.15) is 0 Å². The first-order valence-electron chi connectivity index (χ1n) is 13.1. The molecule has 0 saturated carbocycles. The maximum Gasteiger partial charge on any atom is 0.102 e. The van der Waals surface area contributed by atoms with Crippen LogP contribution in [-0.2, 0) is 6.42 Å². The lowest BCUT2D eigenvalue weighted by Crippen LogP contribution is -2.31. The molecule has 0 spiro atoms. The summed E-state index contributed by atoms with van der Waals surface area (Å²) in [5.74, 6) is 2.03. The molecule has 0 saturated heterocycles. The van der Waals surface area contributed by atoms with Gasteiger partial charge in [0.15, 0.2) is 0 Å². The van der Waals surface area contributed by atoms with E-state index in [2.05, 4.69) is 103 Å². The summed E-state index contributed by atoms with van der Waals surface area (Å²) < 4.78 is 0. The van der Waals surface area contributed by atoms with Gasteiger partial charge in [0.2, 0.25) is 0 Å². The van der Waals surface area contributed by atoms with E-state index in [0.717, 1.165) is 30.9 Å². The van der Waals surface area contributed by atoms with E-state index in [9.17, 15) is 0 Å². The molecule has 0 bridgehead atoms. The normalized spacial score (nSPS) is 19.4. The first-order chi connectivity index (χ1) is 17.9. The number of nitrogens with zero attached hydrogens (tertiary/aromatic N) is 2. The van der Waals surface area contributed by atoms with Gasteiger partial charge in [-0.15, -0.1) is 22.7 Å². The molecule has 4 heterocycles. The monoisotopic (exact) mass is 528 g/mol. The highest BCUT2D eigenvalue weighted by Crippen LogP contribution is 2.39. The summed E-state index contributed by atoms with van der Waals surface area (Å²) in [7, 11) is 0. The SMILES string of the molecule is CCC1=CN=C(CC)NC1c1scc(Cc2cccc(C3=CN=C(C)NC3c3scc(C)c3C)c2)c1C. The number of benzene rings is 1. The first-order valence-corrected chi connectivity index (χ1v) is 14.9. The standard InChI is InChI=1S/C31H36N4S2/c1-7-23-14-33-27(8-2)35-28(23)31-20(5)25(17-37-31)13-22-10-9-11-24(12-22)26-15-32-21(6)34-29(26)30-19(4)18(3)16-36-30/h9-12,14-17,28-29H,7-8,13H2,1-6H3,(H,32,34)(H,33,35). The van der Waals surface area contributed by atoms with E-state index < -0.39 is 0 Å². The predicted octanol–water partition coefficient (Wildman–Crippen LogP) is 8.18. The molecule has 2 aliphatic rings. The third-order valence-electron chi connectivity index (χ3n) is 7.56. The Morgan fingerprint density at radius 1 is 0.838 bits per heavy atom. The minimum Gasteiger partial charge on any atom is -0.362 e. The van der Waals surface area contributed by atoms with Crippen LogP contribution in [0.25, 0.3) is 5.57 Å². The Balaban J connectivity index is 1.42. The van der Waals surface area contributed by atoms with E-state index in [-0.39, 0.29) is 12.1 Å². The third kappa shape index (κ3) is 5.10. The van der Waals surface area contributed by atoms with E-state index in [0.29, 0.717) is 0 Å². The third-order valence-corrected chi connectivity index (χ3v) is 10.0. The molecule has 1 aromatic carbocycles. The van der Waals surface area contributed by atoms with Crippen molar-refractivity contribution in [1.82, 2.24) is 10.6 Å². The van der Waals surface area contributed by atoms with Crippen molar-refractivity contribution >= 4 is 39.9 Å². The Morgan fingerprint density at radius 2 is 1.62 bits per heavy atom. The van der Waals surface area contributed by atoms with Crippen molar-refractivity contribution < 1.29 is 0 Å². The summed E-state index contributed by atoms with van der Waals surface area (Å²) in [6.45, 7) is 13.1. The fourth-order valence-corrected chi connectivity index (χ4v) is 7.41. The number of thiophene rings is 2. The van der Waals surface area contributed by atoms with Crippen LogP contribution in [0.15, 0.2) is 63.0 Å². The van der Waals surface area contributed by atoms with Crippen LogP contribution >= 0.6 is 22.7 Å². The van der Waals surface area contributed by atoms with Gasteiger partial charge in [0.1, 0.15) is 5.84 Å². The Morgan fingerprint density at radius 3 is 2.35 bits per heavy atom. The quantitative estimate of drug-likeness (QED) is 0.325. The highest BCUT2D eigenvalue weighted by atomic mass is 32.1. The number of hydrogen-bond donors (Lipinski definition) is 2. The molecule has 3 aromatic rings. The van der Waals surface area contributed by atoms with Crippen LogP contribution in [0.3, 0.4) is 0 Å². The minimum absolute atomic E-state index is 0.131. The average molecular weight is 529 g/mol. The Labute approximate surface area is 229 Å². The Kier molecular flexibility index (Phi) is 7.50. The van der Waals surface area contributed by atoms with Crippen LogP contribution in [0.2, 0.25) is 0 Å². The zero-order valence-electron chi connectivity index (χ0n) is 22.6. The van der Waals surface area contributed by atoms with Gasteiger partial charge in [-0.25, -0.2) is 9.98 Å². The molecule has 37 heavy (non-hydrogen) atoms. The van der Waals surface area contributed by atoms with Crippen molar-refractivity contribution in [2.75, 3.05) is 0 Å². The second-order valence-electron chi connectivity index (χ2n) is 9.98. The van der Waals surface area contributed by atoms with Crippen LogP contribution in [0.5, 0.6) is 0 Å². The van der Waals surface area contributed by atoms with Crippen molar-refractivity contribution in [2.24, 2.45) is 9.98 Å². The maximum absolute atomic E-state index is 4.64. The summed E-state index contributed by atoms with van der Waals surface area (Å²) in [6, 6.07) is 9.37. The topological polar surface area (TPSA) is 48.8 Å². The molecule has 0 radical (unpaired) electrons. The molecule has 6 heteroatoms. The van der Waals surface area contributed by atoms with Crippen LogP contribution in [0, 0.1) is 20.8 Å². The van der Waals surface area contributed by atoms with Crippen LogP contribution in [0.1, 0.15) is 88.8 Å². The zero-order chi connectivity index (χ0) is 26.1. The molecular weight excluding hydrogens is 493 g/mol. The van der Waals surface area contributed by atoms with Crippen LogP contribution < -0.4 is 10.6 Å². The van der Waals surface area contributed by atoms with E-state index >= 15 is 0 Å². The van der Waals surface area contributed by atoms with Crippen molar-refractivity contribution in [3.05, 3.63) is 96.1 Å². The second-order valence-corrected chi connectivity index (χ2v) is 11.8. The van der Waals surface area contributed by atoms with E-state index in [1.807, 2.05) is 29.6 Å². The van der Waals surface area contributed by atoms with Crippen LogP contribution in [-0.4, -0.2) is 11.7 Å². The lowest BCUT2D eigenvalue weighted by atomic mass is 9.92. The fraction of sp³-hybridized carbons (Fsp3) is 0.355. The maximum atomic E-state index is 4.64. The van der Waals surface area contributed by atoms with E-state index in [1.54, 1.807) is 0 Å². The zero-order valence-corrected chi connectivity index (χ0v) is 24.2. The number of aryl methyl sites for hydroxylation is 1. The summed E-state index contributed by atoms with van der Waals surface area (Å²) in [6.07, 6.45) is 6.98. The van der Waals surface area contributed by atoms with Gasteiger partial charge in [-0.05, 0) is 90.3 Å². The molecule has 192 valence electrons. The summed E-state index contributed by atoms with van der Waals surface area (Å²) in [4.78, 5) is 12.0. The molecule has 5 rings (SSSR count). The van der Waals surface area contributed by atoms with Crippen LogP contribution in [0.4, 0.5) is 0 Å². The van der Waals surface area contributed by atoms with Gasteiger partial charge >= 0.3 is 0 Å². The van der Waals surface area contributed by atoms with Gasteiger partial charge in [-0.1, -0.05) is 38.1 Å². The smallest absolute Gasteiger partial charge is 0.102 e. The number of amidine groups is 2. The Bertz CT molecular complexity index is 1430. The first kappa shape index (κ1) is 25.7. The fourth-order valence-electron chi connectivity index (χ4n) is 5.08. The van der Waals surface area contributed by atoms with Crippen molar-refractivity contribution in [2.45, 2.75) is 72.9 Å². The number of aliphatic imine (C=N–C) groups is 2. The van der Waals surface area contributed by atoms with Crippen molar-refractivity contribution in [3.8, 4) is 0 Å². The Hall–Kier alpha value is -2.96. The second kappa shape index (κ2) is 10.8. The molecule has 2 unspecified atom stereocenters. The molecule has 0 aliphatic carbocycles. The number of rotatable bonds is 7. The summed E-state index contributed by atoms with van der Waals surface area (Å²) in [5, 5.41) is 11.9. The van der Waals surface area contributed by atoms with Gasteiger partial charge in [0.05, 0.1) is 17.9 Å². The predicted molar refractivity (Wildman–Crippen MR) is 161 cm³/mol. The molecule has 0 fully saturated rings. The number of hydrogen-bond acceptors (Lipinski definition) is 6. The highest BCUT2D eigenvalue weighted by Gasteiger charge is 2.26. The lowest BCUT2D eigenvalue weighted by molar-refractivity contribution is 0.697. The van der Waals surface area contributed by atoms with Gasteiger partial charge in [0, 0.05) is 34.1 Å². The number of nitrogens with one attached hydrogen (secondary N) is 2. The average Bonchev–Trinajstić information content (AvgIpc) is 3.44. The summed E-state index contributed by atoms with van der Waals surface area (Å²) in [5.41, 5.74) is 10.7. The molecular formula is C31H36N4S2. The van der Waals surface area contributed by atoms with Crippen molar-refractivity contribution in [1.29, 1.82) is 0 Å². The van der Waals surface area contributed by atoms with Gasteiger partial charge in [0.25, 0.3) is 0 Å². The molecule has 2 aromatic heterocycles. The molecule has 0 amide bonds. The van der Waals surface area contributed by atoms with Gasteiger partial charge < -0.3 is 10.6 Å². The molecule has 2 N–H and O–H groups in total. The largest absolute Gasteiger partial charge is 0.362 e. The van der Waals surface area contributed by atoms with E-state index in [4.69, 9.17) is 0 Å². The molecule has 4 nitrogen and oxygen atoms in total. The van der Waals surface area contributed by atoms with Crippen molar-refractivity contribution in [3.63, 3.8) is 0 Å². The molecule has 2 aliphatic heterocycles. The lowest BCUT2D eigenvalue weighted by Gasteiger charge is -2.26. The molecule has 2 atom stereocenters. The van der Waals surface area contributed by atoms with E-state index in [1.165, 1.54) is 54.3 Å². The highest BCUT2D eigenvalue weighted by molar-refractivity contribution is 7.10. The summed E-state index contributed by atoms with van der Waals surface area (Å²) >= 11 is 3.71. The van der Waals surface area contributed by atoms with Gasteiger partial charge in [-0.3, -0.25) is 0 Å². The minimum atomic E-state index is 0.131.